The van der Waals surface area contributed by atoms with Crippen LogP contribution >= 0.6 is 0 Å². The summed E-state index contributed by atoms with van der Waals surface area (Å²) in [5, 5.41) is 1.08. The van der Waals surface area contributed by atoms with Crippen molar-refractivity contribution >= 4 is 11.0 Å². The lowest BCUT2D eigenvalue weighted by atomic mass is 10.0. The van der Waals surface area contributed by atoms with Crippen LogP contribution in [0.2, 0.25) is 0 Å². The van der Waals surface area contributed by atoms with Crippen LogP contribution in [0.5, 0.6) is 0 Å². The molecule has 2 aliphatic rings. The molecule has 2 aromatic rings. The van der Waals surface area contributed by atoms with Gasteiger partial charge in [0.2, 0.25) is 0 Å². The monoisotopic (exact) mass is 356 g/mol. The molecule has 1 aromatic carbocycles. The van der Waals surface area contributed by atoms with Gasteiger partial charge in [-0.1, -0.05) is 13.0 Å². The number of hydrogen-bond donors (Lipinski definition) is 0. The van der Waals surface area contributed by atoms with Crippen molar-refractivity contribution in [2.24, 2.45) is 0 Å². The van der Waals surface area contributed by atoms with Crippen molar-refractivity contribution in [2.45, 2.75) is 38.8 Å². The summed E-state index contributed by atoms with van der Waals surface area (Å²) < 4.78 is 10.9. The Hall–Kier alpha value is -1.69. The minimum atomic E-state index is -0.250. The Labute approximate surface area is 154 Å². The molecule has 0 saturated carbocycles. The second-order valence-electron chi connectivity index (χ2n) is 7.43. The summed E-state index contributed by atoms with van der Waals surface area (Å²) in [5.41, 5.74) is 2.82. The third-order valence-corrected chi connectivity index (χ3v) is 5.81. The summed E-state index contributed by atoms with van der Waals surface area (Å²) in [6.45, 7) is 9.00. The fourth-order valence-corrected chi connectivity index (χ4v) is 4.25. The molecule has 1 aromatic heterocycles. The average Bonchev–Trinajstić information content (AvgIpc) is 2.69. The van der Waals surface area contributed by atoms with Gasteiger partial charge in [0, 0.05) is 37.1 Å². The van der Waals surface area contributed by atoms with Gasteiger partial charge in [-0.15, -0.1) is 0 Å². The predicted molar refractivity (Wildman–Crippen MR) is 103 cm³/mol. The van der Waals surface area contributed by atoms with E-state index in [1.807, 2.05) is 12.1 Å². The van der Waals surface area contributed by atoms with Crippen LogP contribution in [0, 0.1) is 0 Å². The van der Waals surface area contributed by atoms with Crippen LogP contribution in [0.15, 0.2) is 33.5 Å². The number of hydrogen-bond acceptors (Lipinski definition) is 5. The first-order chi connectivity index (χ1) is 12.7. The van der Waals surface area contributed by atoms with E-state index < -0.39 is 0 Å². The molecule has 5 nitrogen and oxygen atoms in total. The number of nitrogens with zero attached hydrogens (tertiary/aromatic N) is 2. The quantitative estimate of drug-likeness (QED) is 0.788. The highest BCUT2D eigenvalue weighted by atomic mass is 16.5. The first kappa shape index (κ1) is 17.7. The molecule has 0 spiro atoms. The molecule has 0 unspecified atom stereocenters. The Bertz CT molecular complexity index is 802. The number of ether oxygens (including phenoxy) is 1. The lowest BCUT2D eigenvalue weighted by molar-refractivity contribution is 0.000254. The molecular weight excluding hydrogens is 328 g/mol. The molecule has 2 fully saturated rings. The van der Waals surface area contributed by atoms with E-state index in [0.717, 1.165) is 63.3 Å². The van der Waals surface area contributed by atoms with Crippen molar-refractivity contribution in [3.05, 3.63) is 45.8 Å². The second-order valence-corrected chi connectivity index (χ2v) is 7.43. The maximum absolute atomic E-state index is 12.0. The standard InChI is InChI=1S/C21H28N2O3/c1-2-16-3-4-20-19(13-16)17(14-21(24)26-20)15-22-7-5-18(6-8-22)23-9-11-25-12-10-23/h3-4,13-14,18H,2,5-12,15H2,1H3. The van der Waals surface area contributed by atoms with Gasteiger partial charge in [0.05, 0.1) is 13.2 Å². The summed E-state index contributed by atoms with van der Waals surface area (Å²) in [4.78, 5) is 17.0. The van der Waals surface area contributed by atoms with Crippen molar-refractivity contribution in [1.82, 2.24) is 9.80 Å². The molecule has 0 radical (unpaired) electrons. The molecule has 26 heavy (non-hydrogen) atoms. The lowest BCUT2D eigenvalue weighted by Crippen LogP contribution is -2.48. The Balaban J connectivity index is 1.47. The molecule has 0 atom stereocenters. The highest BCUT2D eigenvalue weighted by Gasteiger charge is 2.26. The number of fused-ring (bicyclic) bond motifs is 1. The molecule has 3 heterocycles. The number of rotatable bonds is 4. The van der Waals surface area contributed by atoms with Crippen LogP contribution in [0.3, 0.4) is 0 Å². The Kier molecular flexibility index (Phi) is 5.38. The largest absolute Gasteiger partial charge is 0.423 e. The highest BCUT2D eigenvalue weighted by Crippen LogP contribution is 2.23. The zero-order chi connectivity index (χ0) is 17.9. The summed E-state index contributed by atoms with van der Waals surface area (Å²) in [6.07, 6.45) is 3.37. The number of benzene rings is 1. The zero-order valence-electron chi connectivity index (χ0n) is 15.6. The first-order valence-electron chi connectivity index (χ1n) is 9.83. The maximum Gasteiger partial charge on any atom is 0.336 e. The molecule has 4 rings (SSSR count). The fraction of sp³-hybridized carbons (Fsp3) is 0.571. The van der Waals surface area contributed by atoms with Gasteiger partial charge in [-0.05, 0) is 55.6 Å². The summed E-state index contributed by atoms with van der Waals surface area (Å²) in [5.74, 6) is 0. The highest BCUT2D eigenvalue weighted by molar-refractivity contribution is 5.80. The molecule has 0 bridgehead atoms. The minimum Gasteiger partial charge on any atom is -0.423 e. The van der Waals surface area contributed by atoms with Crippen LogP contribution in [0.1, 0.15) is 30.9 Å². The minimum absolute atomic E-state index is 0.250. The Morgan fingerprint density at radius 3 is 2.58 bits per heavy atom. The van der Waals surface area contributed by atoms with Gasteiger partial charge < -0.3 is 9.15 Å². The molecule has 140 valence electrons. The van der Waals surface area contributed by atoms with Crippen LogP contribution in [-0.2, 0) is 17.7 Å². The van der Waals surface area contributed by atoms with E-state index in [9.17, 15) is 4.79 Å². The topological polar surface area (TPSA) is 45.9 Å². The summed E-state index contributed by atoms with van der Waals surface area (Å²) in [6, 6.07) is 8.51. The third kappa shape index (κ3) is 3.85. The van der Waals surface area contributed by atoms with Crippen LogP contribution in [-0.4, -0.2) is 55.2 Å². The molecule has 0 amide bonds. The summed E-state index contributed by atoms with van der Waals surface area (Å²) >= 11 is 0. The average molecular weight is 356 g/mol. The number of aryl methyl sites for hydroxylation is 1. The van der Waals surface area contributed by atoms with Gasteiger partial charge >= 0.3 is 5.63 Å². The van der Waals surface area contributed by atoms with E-state index in [0.29, 0.717) is 11.6 Å². The molecule has 0 N–H and O–H groups in total. The fourth-order valence-electron chi connectivity index (χ4n) is 4.25. The van der Waals surface area contributed by atoms with E-state index in [1.165, 1.54) is 18.4 Å². The van der Waals surface area contributed by atoms with Crippen molar-refractivity contribution < 1.29 is 9.15 Å². The maximum atomic E-state index is 12.0. The Morgan fingerprint density at radius 2 is 1.85 bits per heavy atom. The molecule has 5 heteroatoms. The van der Waals surface area contributed by atoms with Crippen molar-refractivity contribution in [3.63, 3.8) is 0 Å². The van der Waals surface area contributed by atoms with E-state index >= 15 is 0 Å². The SMILES string of the molecule is CCc1ccc2oc(=O)cc(CN3CCC(N4CCOCC4)CC3)c2c1. The lowest BCUT2D eigenvalue weighted by Gasteiger charge is -2.40. The third-order valence-electron chi connectivity index (χ3n) is 5.81. The molecular formula is C21H28N2O3. The van der Waals surface area contributed by atoms with Gasteiger partial charge in [-0.2, -0.15) is 0 Å². The first-order valence-corrected chi connectivity index (χ1v) is 9.83. The number of piperidine rings is 1. The smallest absolute Gasteiger partial charge is 0.336 e. The predicted octanol–water partition coefficient (Wildman–Crippen LogP) is 2.65. The van der Waals surface area contributed by atoms with Gasteiger partial charge in [-0.25, -0.2) is 4.79 Å². The van der Waals surface area contributed by atoms with Crippen molar-refractivity contribution in [1.29, 1.82) is 0 Å². The normalized spacial score (nSPS) is 20.7. The van der Waals surface area contributed by atoms with Gasteiger partial charge in [-0.3, -0.25) is 9.80 Å². The van der Waals surface area contributed by atoms with E-state index in [2.05, 4.69) is 22.8 Å². The number of likely N-dealkylation sites (tertiary alicyclic amines) is 1. The van der Waals surface area contributed by atoms with Gasteiger partial charge in [0.1, 0.15) is 5.58 Å². The molecule has 2 aliphatic heterocycles. The van der Waals surface area contributed by atoms with Gasteiger partial charge in [0.15, 0.2) is 0 Å². The Morgan fingerprint density at radius 1 is 1.08 bits per heavy atom. The summed E-state index contributed by atoms with van der Waals surface area (Å²) in [7, 11) is 0. The van der Waals surface area contributed by atoms with Crippen molar-refractivity contribution in [3.8, 4) is 0 Å². The van der Waals surface area contributed by atoms with Crippen LogP contribution in [0.25, 0.3) is 11.0 Å². The molecule has 2 saturated heterocycles. The van der Waals surface area contributed by atoms with E-state index in [1.54, 1.807) is 6.07 Å². The second kappa shape index (κ2) is 7.91. The molecule has 0 aliphatic carbocycles. The van der Waals surface area contributed by atoms with E-state index in [-0.39, 0.29) is 5.63 Å². The zero-order valence-corrected chi connectivity index (χ0v) is 15.6. The van der Waals surface area contributed by atoms with Gasteiger partial charge in [0.25, 0.3) is 0 Å². The van der Waals surface area contributed by atoms with Crippen LogP contribution in [0.4, 0.5) is 0 Å². The number of morpholine rings is 1. The van der Waals surface area contributed by atoms with Crippen molar-refractivity contribution in [2.75, 3.05) is 39.4 Å². The van der Waals surface area contributed by atoms with Crippen LogP contribution < -0.4 is 5.63 Å². The van der Waals surface area contributed by atoms with E-state index in [4.69, 9.17) is 9.15 Å².